The molecule has 3 N–H and O–H groups in total. The molecule has 408 valence electrons. The lowest BCUT2D eigenvalue weighted by atomic mass is 9.66. The molecule has 0 aliphatic carbocycles. The van der Waals surface area contributed by atoms with Gasteiger partial charge in [-0.25, -0.2) is 14.5 Å². The quantitative estimate of drug-likeness (QED) is 0.0390. The Hall–Kier alpha value is -4.40. The van der Waals surface area contributed by atoms with Crippen molar-refractivity contribution in [3.63, 3.8) is 0 Å². The lowest BCUT2D eigenvalue weighted by Crippen LogP contribution is -2.71. The van der Waals surface area contributed by atoms with Crippen LogP contribution in [0.1, 0.15) is 90.6 Å². The number of hydrogen-bond acceptors (Lipinski definition) is 18. The summed E-state index contributed by atoms with van der Waals surface area (Å²) in [7, 11) is 3.36. The molecule has 0 spiro atoms. The molecule has 0 saturated carbocycles. The van der Waals surface area contributed by atoms with E-state index in [0.29, 0.717) is 50.0 Å². The summed E-state index contributed by atoms with van der Waals surface area (Å²) >= 11 is 3.51. The first-order chi connectivity index (χ1) is 35.7. The van der Waals surface area contributed by atoms with Crippen molar-refractivity contribution in [3.8, 4) is 11.3 Å². The van der Waals surface area contributed by atoms with Crippen molar-refractivity contribution in [2.45, 2.75) is 155 Å². The number of aliphatic hydroxyl groups is 3. The molecule has 4 aliphatic rings. The zero-order valence-corrected chi connectivity index (χ0v) is 46.9. The number of aryl methyl sites for hydroxylation is 1. The van der Waals surface area contributed by atoms with E-state index >= 15 is 4.79 Å². The number of carbonyl (C=O) groups is 4. The van der Waals surface area contributed by atoms with Gasteiger partial charge in [0.25, 0.3) is 0 Å². The molecule has 4 saturated heterocycles. The SMILES string of the molecule is CO[C@]1(C)C[C@@H](C)C(=O)[C@@H]2C(CCCn3cnc(-c4cccnc4)c3)N3C(=O)O[C@](C)([C@@H](I)OC(=O)[C@H](C)C(=O)[C@H](C)[C@H]1O[C@@H]1O[C@H](C)C[C@H](N(C)CCc4cn(C(CO)[C@@H](O)c5ccc(SC)cc5)nn4)[C@H]1O)[C@@H]23. The second kappa shape index (κ2) is 23.7. The lowest BCUT2D eigenvalue weighted by Gasteiger charge is -2.54. The van der Waals surface area contributed by atoms with Crippen LogP contribution in [0.25, 0.3) is 11.3 Å². The second-order valence-corrected chi connectivity index (χ2v) is 23.1. The Labute approximate surface area is 455 Å². The number of methoxy groups -OCH3 is 1. The normalized spacial score (nSPS) is 33.3. The number of rotatable bonds is 17. The zero-order chi connectivity index (χ0) is 54.1. The number of esters is 1. The van der Waals surface area contributed by atoms with Crippen LogP contribution in [0, 0.1) is 23.7 Å². The summed E-state index contributed by atoms with van der Waals surface area (Å²) in [4.78, 5) is 70.9. The maximum atomic E-state index is 15.2. The number of aromatic nitrogens is 6. The van der Waals surface area contributed by atoms with Gasteiger partial charge in [0.05, 0.1) is 54.1 Å². The van der Waals surface area contributed by atoms with Crippen LogP contribution >= 0.6 is 34.4 Å². The van der Waals surface area contributed by atoms with Crippen LogP contribution in [0.2, 0.25) is 0 Å². The van der Waals surface area contributed by atoms with Gasteiger partial charge in [0.2, 0.25) is 0 Å². The van der Waals surface area contributed by atoms with E-state index in [-0.39, 0.29) is 18.8 Å². The average molecular weight is 1170 g/mol. The lowest BCUT2D eigenvalue weighted by molar-refractivity contribution is -0.296. The minimum atomic E-state index is -1.41. The molecular weight excluding hydrogens is 1100 g/mol. The van der Waals surface area contributed by atoms with Crippen LogP contribution in [0.4, 0.5) is 4.79 Å². The molecule has 0 bridgehead atoms. The number of halogens is 1. The average Bonchev–Trinajstić information content (AvgIpc) is 4.14. The first-order valence-corrected chi connectivity index (χ1v) is 28.1. The molecule has 2 unspecified atom stereocenters. The summed E-state index contributed by atoms with van der Waals surface area (Å²) in [5, 5.41) is 42.2. The Morgan fingerprint density at radius 1 is 1.05 bits per heavy atom. The molecule has 16 atom stereocenters. The van der Waals surface area contributed by atoms with E-state index in [0.717, 1.165) is 16.2 Å². The number of cyclic esters (lactones) is 1. The number of likely N-dealkylation sites (N-methyl/N-ethyl adjacent to an activating group) is 1. The predicted octanol–water partition coefficient (Wildman–Crippen LogP) is 5.47. The van der Waals surface area contributed by atoms with E-state index in [1.165, 1.54) is 18.7 Å². The molecule has 4 aliphatic heterocycles. The van der Waals surface area contributed by atoms with Gasteiger partial charge in [-0.1, -0.05) is 31.2 Å². The largest absolute Gasteiger partial charge is 0.447 e. The number of nitrogens with zero attached hydrogens (tertiary/aromatic N) is 8. The van der Waals surface area contributed by atoms with Crippen molar-refractivity contribution in [2.75, 3.05) is 33.6 Å². The van der Waals surface area contributed by atoms with Crippen LogP contribution in [0.3, 0.4) is 0 Å². The van der Waals surface area contributed by atoms with E-state index in [1.54, 1.807) is 62.4 Å². The molecule has 22 heteroatoms. The summed E-state index contributed by atoms with van der Waals surface area (Å²) in [5.74, 6) is -5.20. The number of pyridine rings is 1. The van der Waals surface area contributed by atoms with Crippen molar-refractivity contribution in [2.24, 2.45) is 23.7 Å². The molecule has 20 nitrogen and oxygen atoms in total. The maximum absolute atomic E-state index is 15.2. The van der Waals surface area contributed by atoms with Crippen molar-refractivity contribution >= 4 is 58.0 Å². The van der Waals surface area contributed by atoms with Gasteiger partial charge in [-0.05, 0) is 119 Å². The van der Waals surface area contributed by atoms with Crippen LogP contribution in [-0.2, 0) is 51.0 Å². The Balaban J connectivity index is 0.992. The topological polar surface area (TPSA) is 243 Å². The van der Waals surface area contributed by atoms with Crippen molar-refractivity contribution in [1.29, 1.82) is 0 Å². The van der Waals surface area contributed by atoms with Crippen LogP contribution in [-0.4, -0.2) is 170 Å². The van der Waals surface area contributed by atoms with Crippen molar-refractivity contribution < 1.29 is 58.2 Å². The number of amides is 1. The number of Topliss-reactive ketones (excluding diaryl/α,β-unsaturated/α-hetero) is 2. The Bertz CT molecular complexity index is 2630. The van der Waals surface area contributed by atoms with Gasteiger partial charge in [0.1, 0.15) is 30.0 Å². The van der Waals surface area contributed by atoms with Gasteiger partial charge >= 0.3 is 12.1 Å². The Morgan fingerprint density at radius 2 is 1.80 bits per heavy atom. The fraction of sp³-hybridized carbons (Fsp3) is 0.623. The molecule has 0 radical (unpaired) electrons. The summed E-state index contributed by atoms with van der Waals surface area (Å²) in [5.41, 5.74) is 0.139. The molecule has 8 rings (SSSR count). The van der Waals surface area contributed by atoms with E-state index in [1.807, 2.05) is 102 Å². The highest BCUT2D eigenvalue weighted by molar-refractivity contribution is 14.1. The van der Waals surface area contributed by atoms with Gasteiger partial charge < -0.3 is 48.5 Å². The van der Waals surface area contributed by atoms with E-state index in [9.17, 15) is 29.7 Å². The first kappa shape index (κ1) is 56.8. The van der Waals surface area contributed by atoms with Crippen molar-refractivity contribution in [1.82, 2.24) is 39.3 Å². The third-order valence-electron chi connectivity index (χ3n) is 16.1. The van der Waals surface area contributed by atoms with Gasteiger partial charge in [-0.2, -0.15) is 0 Å². The molecule has 7 heterocycles. The standard InChI is InChI=1S/C53H71IN8O12S/c1-29-23-52(5,70-8)47(72-49-45(67)39(22-30(2)71-49)59(7)21-18-35-25-61(58-57-35)40(27-63)44(66)33-14-16-36(75-9)17-15-33)31(3)43(65)32(4)48(68)73-50(54)53(6)46-41(42(29)64)38(62(46)51(69)74-53)13-11-20-60-26-37(56-28-60)34-12-10-19-55-24-34/h10,12,14-17,19,24-26,28-32,38-41,44-47,49-50,63,66-67H,11,13,18,20-23,27H2,1-9H3/t29-,30-,31+,32-,38?,39+,40?,41+,44+,45-,46-,47-,49+,50+,52-,53+/m1/s1. The van der Waals surface area contributed by atoms with Crippen LogP contribution < -0.4 is 0 Å². The molecule has 75 heavy (non-hydrogen) atoms. The predicted molar refractivity (Wildman–Crippen MR) is 283 cm³/mol. The number of benzene rings is 1. The summed E-state index contributed by atoms with van der Waals surface area (Å²) in [6.07, 6.45) is 7.14. The minimum Gasteiger partial charge on any atom is -0.447 e. The highest BCUT2D eigenvalue weighted by atomic mass is 127. The van der Waals surface area contributed by atoms with Crippen LogP contribution in [0.15, 0.2) is 72.4 Å². The van der Waals surface area contributed by atoms with Gasteiger partial charge in [-0.3, -0.25) is 24.3 Å². The molecule has 1 aromatic carbocycles. The molecule has 4 aromatic rings. The third-order valence-corrected chi connectivity index (χ3v) is 18.3. The van der Waals surface area contributed by atoms with Crippen molar-refractivity contribution in [3.05, 3.63) is 78.8 Å². The van der Waals surface area contributed by atoms with E-state index in [2.05, 4.69) is 20.3 Å². The number of ether oxygens (including phenoxy) is 5. The number of thioether (sulfide) groups is 1. The zero-order valence-electron chi connectivity index (χ0n) is 44.0. The maximum Gasteiger partial charge on any atom is 0.411 e. The van der Waals surface area contributed by atoms with E-state index in [4.69, 9.17) is 23.7 Å². The number of carbonyl (C=O) groups excluding carboxylic acids is 4. The summed E-state index contributed by atoms with van der Waals surface area (Å²) in [6, 6.07) is 8.74. The Kier molecular flexibility index (Phi) is 17.9. The summed E-state index contributed by atoms with van der Waals surface area (Å²) in [6.45, 7) is 10.9. The molecular formula is C53H71IN8O12S. The minimum absolute atomic E-state index is 0.0750. The number of ketones is 2. The van der Waals surface area contributed by atoms with Crippen LogP contribution in [0.5, 0.6) is 0 Å². The number of hydrogen-bond donors (Lipinski definition) is 3. The first-order valence-electron chi connectivity index (χ1n) is 25.7. The van der Waals surface area contributed by atoms with Gasteiger partial charge in [-0.15, -0.1) is 16.9 Å². The second-order valence-electron chi connectivity index (χ2n) is 21.1. The third kappa shape index (κ3) is 11.6. The highest BCUT2D eigenvalue weighted by Crippen LogP contribution is 2.53. The fourth-order valence-electron chi connectivity index (χ4n) is 11.6. The number of aliphatic hydroxyl groups excluding tert-OH is 3. The molecule has 4 fully saturated rings. The van der Waals surface area contributed by atoms with Gasteiger partial charge in [0.15, 0.2) is 21.8 Å². The summed E-state index contributed by atoms with van der Waals surface area (Å²) < 4.78 is 33.9. The number of alkyl halides is 1. The fourth-order valence-corrected chi connectivity index (χ4v) is 12.7. The monoisotopic (exact) mass is 1170 g/mol. The smallest absolute Gasteiger partial charge is 0.411 e. The number of imidazole rings is 1. The highest BCUT2D eigenvalue weighted by Gasteiger charge is 2.70. The van der Waals surface area contributed by atoms with Gasteiger partial charge in [0, 0.05) is 85.8 Å². The van der Waals surface area contributed by atoms with E-state index < -0.39 is 112 Å². The molecule has 1 amide bonds. The molecule has 3 aromatic heterocycles. The Morgan fingerprint density at radius 3 is 2.48 bits per heavy atom.